The summed E-state index contributed by atoms with van der Waals surface area (Å²) in [5, 5.41) is 0. The molecule has 0 unspecified atom stereocenters. The Balaban J connectivity index is 1.63. The standard InChI is InChI=1S/C23H31N5O/c1-4-14-28-21(29)27(20-15-24-18-25-16-20)17-22(28)10-12-23(13-11-22,26(2)3)19-8-6-5-7-9-19/h5-9,15-16,18H,4,10-14,17H2,1-3H3. The van der Waals surface area contributed by atoms with Gasteiger partial charge in [0.1, 0.15) is 6.33 Å². The van der Waals surface area contributed by atoms with Crippen LogP contribution in [0.2, 0.25) is 0 Å². The number of urea groups is 1. The van der Waals surface area contributed by atoms with E-state index in [-0.39, 0.29) is 17.1 Å². The van der Waals surface area contributed by atoms with Crippen LogP contribution in [0.1, 0.15) is 44.6 Å². The molecule has 6 nitrogen and oxygen atoms in total. The lowest BCUT2D eigenvalue weighted by atomic mass is 9.68. The van der Waals surface area contributed by atoms with Gasteiger partial charge in [-0.2, -0.15) is 0 Å². The van der Waals surface area contributed by atoms with E-state index >= 15 is 0 Å². The van der Waals surface area contributed by atoms with Crippen LogP contribution in [0.3, 0.4) is 0 Å². The zero-order chi connectivity index (χ0) is 20.5. The highest BCUT2D eigenvalue weighted by Crippen LogP contribution is 2.49. The molecule has 0 atom stereocenters. The molecule has 6 heteroatoms. The minimum Gasteiger partial charge on any atom is -0.317 e. The Kier molecular flexibility index (Phi) is 5.30. The van der Waals surface area contributed by atoms with Gasteiger partial charge in [0, 0.05) is 12.1 Å². The Hall–Kier alpha value is -2.47. The molecule has 2 amide bonds. The molecule has 2 aromatic rings. The normalized spacial score (nSPS) is 27.2. The first-order chi connectivity index (χ1) is 14.0. The highest BCUT2D eigenvalue weighted by Gasteiger charge is 2.54. The highest BCUT2D eigenvalue weighted by atomic mass is 16.2. The Labute approximate surface area is 173 Å². The van der Waals surface area contributed by atoms with Crippen molar-refractivity contribution in [2.75, 3.05) is 32.1 Å². The van der Waals surface area contributed by atoms with Crippen LogP contribution in [0.5, 0.6) is 0 Å². The van der Waals surface area contributed by atoms with E-state index in [9.17, 15) is 4.79 Å². The van der Waals surface area contributed by atoms with Gasteiger partial charge < -0.3 is 4.90 Å². The molecule has 1 saturated carbocycles. The zero-order valence-electron chi connectivity index (χ0n) is 17.7. The largest absolute Gasteiger partial charge is 0.325 e. The first kappa shape index (κ1) is 19.8. The van der Waals surface area contributed by atoms with Crippen molar-refractivity contribution in [1.82, 2.24) is 19.8 Å². The smallest absolute Gasteiger partial charge is 0.317 e. The number of carbonyl (C=O) groups is 1. The summed E-state index contributed by atoms with van der Waals surface area (Å²) in [5.41, 5.74) is 2.08. The molecule has 1 aliphatic heterocycles. The van der Waals surface area contributed by atoms with E-state index in [4.69, 9.17) is 0 Å². The van der Waals surface area contributed by atoms with Crippen molar-refractivity contribution in [1.29, 1.82) is 0 Å². The van der Waals surface area contributed by atoms with Crippen molar-refractivity contribution >= 4 is 11.7 Å². The second kappa shape index (κ2) is 7.75. The van der Waals surface area contributed by atoms with E-state index < -0.39 is 0 Å². The summed E-state index contributed by atoms with van der Waals surface area (Å²) in [6.07, 6.45) is 10.0. The molecular formula is C23H31N5O. The fourth-order valence-electron chi connectivity index (χ4n) is 5.28. The molecule has 1 spiro atoms. The van der Waals surface area contributed by atoms with E-state index in [2.05, 4.69) is 71.1 Å². The van der Waals surface area contributed by atoms with Gasteiger partial charge in [0.15, 0.2) is 0 Å². The first-order valence-electron chi connectivity index (χ1n) is 10.6. The number of amides is 2. The maximum atomic E-state index is 13.3. The van der Waals surface area contributed by atoms with E-state index in [0.717, 1.165) is 50.9 Å². The van der Waals surface area contributed by atoms with Crippen molar-refractivity contribution in [2.24, 2.45) is 0 Å². The lowest BCUT2D eigenvalue weighted by molar-refractivity contribution is 0.0263. The van der Waals surface area contributed by atoms with E-state index in [1.54, 1.807) is 12.4 Å². The number of anilines is 1. The minimum atomic E-state index is -0.114. The van der Waals surface area contributed by atoms with E-state index in [1.165, 1.54) is 11.9 Å². The van der Waals surface area contributed by atoms with Crippen LogP contribution in [-0.2, 0) is 5.54 Å². The SMILES string of the molecule is CCCN1C(=O)N(c2cncnc2)CC12CCC(c1ccccc1)(N(C)C)CC2. The maximum absolute atomic E-state index is 13.3. The van der Waals surface area contributed by atoms with E-state index in [1.807, 2.05) is 4.90 Å². The molecule has 2 fully saturated rings. The van der Waals surface area contributed by atoms with Crippen LogP contribution in [0.4, 0.5) is 10.5 Å². The van der Waals surface area contributed by atoms with Crippen molar-refractivity contribution in [2.45, 2.75) is 50.1 Å². The van der Waals surface area contributed by atoms with Gasteiger partial charge in [0.2, 0.25) is 0 Å². The predicted octanol–water partition coefficient (Wildman–Crippen LogP) is 3.90. The molecular weight excluding hydrogens is 362 g/mol. The monoisotopic (exact) mass is 393 g/mol. The molecule has 4 rings (SSSR count). The molecule has 29 heavy (non-hydrogen) atoms. The molecule has 1 aromatic carbocycles. The summed E-state index contributed by atoms with van der Waals surface area (Å²) >= 11 is 0. The Morgan fingerprint density at radius 2 is 1.69 bits per heavy atom. The number of benzene rings is 1. The van der Waals surface area contributed by atoms with Crippen molar-refractivity contribution in [3.63, 3.8) is 0 Å². The van der Waals surface area contributed by atoms with Gasteiger partial charge >= 0.3 is 6.03 Å². The van der Waals surface area contributed by atoms with Crippen LogP contribution >= 0.6 is 0 Å². The molecule has 0 bridgehead atoms. The quantitative estimate of drug-likeness (QED) is 0.773. The number of hydrogen-bond donors (Lipinski definition) is 0. The average Bonchev–Trinajstić information content (AvgIpc) is 3.02. The number of nitrogens with zero attached hydrogens (tertiary/aromatic N) is 5. The number of aromatic nitrogens is 2. The predicted molar refractivity (Wildman–Crippen MR) is 115 cm³/mol. The molecule has 2 heterocycles. The second-order valence-corrected chi connectivity index (χ2v) is 8.63. The van der Waals surface area contributed by atoms with Gasteiger partial charge in [-0.05, 0) is 51.8 Å². The summed E-state index contributed by atoms with van der Waals surface area (Å²) in [6, 6.07) is 10.9. The molecule has 1 aromatic heterocycles. The van der Waals surface area contributed by atoms with Crippen LogP contribution in [0.25, 0.3) is 0 Å². The van der Waals surface area contributed by atoms with Crippen LogP contribution < -0.4 is 4.90 Å². The Morgan fingerprint density at radius 3 is 2.28 bits per heavy atom. The fourth-order valence-corrected chi connectivity index (χ4v) is 5.28. The fraction of sp³-hybridized carbons (Fsp3) is 0.522. The number of rotatable bonds is 5. The van der Waals surface area contributed by atoms with Crippen molar-refractivity contribution in [3.05, 3.63) is 54.6 Å². The van der Waals surface area contributed by atoms with Gasteiger partial charge in [-0.1, -0.05) is 37.3 Å². The Morgan fingerprint density at radius 1 is 1.03 bits per heavy atom. The lowest BCUT2D eigenvalue weighted by Gasteiger charge is -2.51. The summed E-state index contributed by atoms with van der Waals surface area (Å²) < 4.78 is 0. The lowest BCUT2D eigenvalue weighted by Crippen LogP contribution is -2.55. The average molecular weight is 394 g/mol. The van der Waals surface area contributed by atoms with Gasteiger partial charge in [0.25, 0.3) is 0 Å². The maximum Gasteiger partial charge on any atom is 0.325 e. The Bertz CT molecular complexity index is 831. The molecule has 1 aliphatic carbocycles. The van der Waals surface area contributed by atoms with Gasteiger partial charge in [-0.15, -0.1) is 0 Å². The third kappa shape index (κ3) is 3.29. The molecule has 1 saturated heterocycles. The topological polar surface area (TPSA) is 52.6 Å². The summed E-state index contributed by atoms with van der Waals surface area (Å²) in [4.78, 5) is 27.9. The zero-order valence-corrected chi connectivity index (χ0v) is 17.7. The van der Waals surface area contributed by atoms with Crippen LogP contribution in [-0.4, -0.2) is 58.5 Å². The van der Waals surface area contributed by atoms with Gasteiger partial charge in [-0.25, -0.2) is 14.8 Å². The molecule has 2 aliphatic rings. The number of hydrogen-bond acceptors (Lipinski definition) is 4. The van der Waals surface area contributed by atoms with Crippen molar-refractivity contribution < 1.29 is 4.79 Å². The van der Waals surface area contributed by atoms with Gasteiger partial charge in [-0.3, -0.25) is 9.80 Å². The minimum absolute atomic E-state index is 0.0245. The van der Waals surface area contributed by atoms with Gasteiger partial charge in [0.05, 0.1) is 30.2 Å². The molecule has 0 radical (unpaired) electrons. The van der Waals surface area contributed by atoms with Crippen molar-refractivity contribution in [3.8, 4) is 0 Å². The molecule has 154 valence electrons. The summed E-state index contributed by atoms with van der Waals surface area (Å²) in [6.45, 7) is 3.66. The second-order valence-electron chi connectivity index (χ2n) is 8.63. The summed E-state index contributed by atoms with van der Waals surface area (Å²) in [7, 11) is 4.37. The highest BCUT2D eigenvalue weighted by molar-refractivity contribution is 5.95. The third-order valence-electron chi connectivity index (χ3n) is 6.97. The van der Waals surface area contributed by atoms with E-state index in [0.29, 0.717) is 0 Å². The first-order valence-corrected chi connectivity index (χ1v) is 10.6. The van der Waals surface area contributed by atoms with Crippen LogP contribution in [0, 0.1) is 0 Å². The molecule has 0 N–H and O–H groups in total. The summed E-state index contributed by atoms with van der Waals surface area (Å²) in [5.74, 6) is 0. The number of carbonyl (C=O) groups excluding carboxylic acids is 1. The van der Waals surface area contributed by atoms with Crippen LogP contribution in [0.15, 0.2) is 49.1 Å². The third-order valence-corrected chi connectivity index (χ3v) is 6.97.